The third kappa shape index (κ3) is 3.58. The van der Waals surface area contributed by atoms with Gasteiger partial charge in [0.05, 0.1) is 11.1 Å². The van der Waals surface area contributed by atoms with Crippen molar-refractivity contribution >= 4 is 23.7 Å². The predicted octanol–water partition coefficient (Wildman–Crippen LogP) is 3.92. The Kier molecular flexibility index (Phi) is 4.83. The summed E-state index contributed by atoms with van der Waals surface area (Å²) in [6.45, 7) is 3.89. The van der Waals surface area contributed by atoms with Crippen LogP contribution < -0.4 is 10.2 Å². The van der Waals surface area contributed by atoms with Gasteiger partial charge in [0, 0.05) is 16.7 Å². The molecule has 2 aromatic rings. The first-order chi connectivity index (χ1) is 11.6. The van der Waals surface area contributed by atoms with Crippen molar-refractivity contribution in [3.8, 4) is 5.75 Å². The van der Waals surface area contributed by atoms with Crippen LogP contribution in [0.25, 0.3) is 0 Å². The third-order valence-corrected chi connectivity index (χ3v) is 3.73. The molecular weight excluding hydrogens is 328 g/mol. The molecule has 0 bridgehead atoms. The molecule has 1 atom stereocenters. The fourth-order valence-corrected chi connectivity index (χ4v) is 2.52. The summed E-state index contributed by atoms with van der Waals surface area (Å²) in [7, 11) is 0. The Morgan fingerprint density at radius 1 is 1.25 bits per heavy atom. The zero-order valence-corrected chi connectivity index (χ0v) is 14.1. The minimum absolute atomic E-state index is 0.0531. The quantitative estimate of drug-likeness (QED) is 0.835. The second-order valence-electron chi connectivity index (χ2n) is 5.65. The van der Waals surface area contributed by atoms with E-state index in [-0.39, 0.29) is 6.10 Å². The van der Waals surface area contributed by atoms with Gasteiger partial charge in [-0.25, -0.2) is 15.3 Å². The van der Waals surface area contributed by atoms with Crippen molar-refractivity contribution in [2.75, 3.05) is 0 Å². The molecule has 0 amide bonds. The standard InChI is InChI=1S/C18H17ClN2O3/c1-11(2)23-16-8-7-14(9-15(16)19)17-20-18(24-21-17)13-5-3-12(10-22)4-6-13/h3-11,18H,1-2H3,(H,20,21). The van der Waals surface area contributed by atoms with E-state index in [0.29, 0.717) is 22.2 Å². The van der Waals surface area contributed by atoms with Crippen LogP contribution in [0.5, 0.6) is 5.75 Å². The maximum absolute atomic E-state index is 10.7. The van der Waals surface area contributed by atoms with Gasteiger partial charge in [-0.3, -0.25) is 4.79 Å². The predicted molar refractivity (Wildman–Crippen MR) is 92.5 cm³/mol. The van der Waals surface area contributed by atoms with E-state index in [2.05, 4.69) is 10.5 Å². The van der Waals surface area contributed by atoms with E-state index in [9.17, 15) is 4.79 Å². The highest BCUT2D eigenvalue weighted by Gasteiger charge is 2.21. The monoisotopic (exact) mass is 344 g/mol. The molecule has 0 saturated carbocycles. The fourth-order valence-electron chi connectivity index (χ4n) is 2.29. The van der Waals surface area contributed by atoms with E-state index < -0.39 is 6.23 Å². The lowest BCUT2D eigenvalue weighted by Gasteiger charge is -2.12. The number of rotatable bonds is 5. The molecule has 0 aliphatic carbocycles. The van der Waals surface area contributed by atoms with Crippen LogP contribution in [0.1, 0.15) is 41.6 Å². The number of nitrogens with one attached hydrogen (secondary N) is 1. The molecule has 1 aliphatic heterocycles. The highest BCUT2D eigenvalue weighted by atomic mass is 35.5. The molecule has 0 aromatic heterocycles. The normalized spacial score (nSPS) is 16.7. The van der Waals surface area contributed by atoms with E-state index in [4.69, 9.17) is 21.2 Å². The minimum atomic E-state index is -0.467. The minimum Gasteiger partial charge on any atom is -0.489 e. The second-order valence-corrected chi connectivity index (χ2v) is 6.05. The number of aliphatic imine (C=N–C) groups is 1. The van der Waals surface area contributed by atoms with Gasteiger partial charge in [-0.05, 0) is 32.0 Å². The number of carbonyl (C=O) groups is 1. The van der Waals surface area contributed by atoms with Crippen LogP contribution in [0.3, 0.4) is 0 Å². The highest BCUT2D eigenvalue weighted by molar-refractivity contribution is 6.32. The van der Waals surface area contributed by atoms with E-state index in [1.165, 1.54) is 0 Å². The molecule has 1 unspecified atom stereocenters. The second kappa shape index (κ2) is 7.03. The molecule has 0 spiro atoms. The summed E-state index contributed by atoms with van der Waals surface area (Å²) in [5.41, 5.74) is 5.09. The van der Waals surface area contributed by atoms with Crippen LogP contribution in [0.4, 0.5) is 0 Å². The van der Waals surface area contributed by atoms with Crippen molar-refractivity contribution < 1.29 is 14.4 Å². The summed E-state index contributed by atoms with van der Waals surface area (Å²) in [6, 6.07) is 12.6. The average molecular weight is 345 g/mol. The van der Waals surface area contributed by atoms with Crippen molar-refractivity contribution in [1.82, 2.24) is 5.48 Å². The largest absolute Gasteiger partial charge is 0.489 e. The molecule has 5 nitrogen and oxygen atoms in total. The van der Waals surface area contributed by atoms with Crippen LogP contribution in [-0.4, -0.2) is 18.2 Å². The number of nitrogens with zero attached hydrogens (tertiary/aromatic N) is 1. The number of ether oxygens (including phenoxy) is 1. The van der Waals surface area contributed by atoms with Crippen LogP contribution in [0.2, 0.25) is 5.02 Å². The van der Waals surface area contributed by atoms with Crippen molar-refractivity contribution in [2.45, 2.75) is 26.2 Å². The van der Waals surface area contributed by atoms with Crippen molar-refractivity contribution in [3.63, 3.8) is 0 Å². The first-order valence-electron chi connectivity index (χ1n) is 7.58. The summed E-state index contributed by atoms with van der Waals surface area (Å²) in [4.78, 5) is 20.7. The molecule has 1 N–H and O–H groups in total. The number of carbonyl (C=O) groups excluding carboxylic acids is 1. The maximum Gasteiger partial charge on any atom is 0.202 e. The zero-order valence-electron chi connectivity index (χ0n) is 13.3. The smallest absolute Gasteiger partial charge is 0.202 e. The number of benzene rings is 2. The molecule has 3 rings (SSSR count). The topological polar surface area (TPSA) is 59.9 Å². The Labute approximate surface area is 145 Å². The van der Waals surface area contributed by atoms with Crippen molar-refractivity contribution in [1.29, 1.82) is 0 Å². The van der Waals surface area contributed by atoms with Crippen LogP contribution in [0.15, 0.2) is 47.5 Å². The summed E-state index contributed by atoms with van der Waals surface area (Å²) in [5.74, 6) is 1.23. The van der Waals surface area contributed by atoms with Crippen molar-refractivity contribution in [2.24, 2.45) is 4.99 Å². The summed E-state index contributed by atoms with van der Waals surface area (Å²) >= 11 is 6.26. The molecule has 24 heavy (non-hydrogen) atoms. The fraction of sp³-hybridized carbons (Fsp3) is 0.222. The van der Waals surface area contributed by atoms with Gasteiger partial charge in [0.15, 0.2) is 5.84 Å². The SMILES string of the molecule is CC(C)Oc1ccc(C2=NC(c3ccc(C=O)cc3)ON2)cc1Cl. The number of hydrogen-bond donors (Lipinski definition) is 1. The number of amidine groups is 1. The Morgan fingerprint density at radius 3 is 2.62 bits per heavy atom. The lowest BCUT2D eigenvalue weighted by atomic mass is 10.1. The van der Waals surface area contributed by atoms with Crippen LogP contribution in [0, 0.1) is 0 Å². The van der Waals surface area contributed by atoms with E-state index in [1.54, 1.807) is 18.2 Å². The van der Waals surface area contributed by atoms with Crippen LogP contribution >= 0.6 is 11.6 Å². The number of hydroxylamine groups is 1. The molecule has 2 aromatic carbocycles. The van der Waals surface area contributed by atoms with E-state index in [1.807, 2.05) is 38.1 Å². The summed E-state index contributed by atoms with van der Waals surface area (Å²) in [5, 5.41) is 0.518. The van der Waals surface area contributed by atoms with Gasteiger partial charge in [-0.2, -0.15) is 0 Å². The van der Waals surface area contributed by atoms with E-state index in [0.717, 1.165) is 17.4 Å². The molecular formula is C18H17ClN2O3. The van der Waals surface area contributed by atoms with Gasteiger partial charge in [0.2, 0.25) is 6.23 Å². The molecule has 0 radical (unpaired) electrons. The third-order valence-electron chi connectivity index (χ3n) is 3.44. The Bertz CT molecular complexity index is 772. The molecule has 0 fully saturated rings. The van der Waals surface area contributed by atoms with Gasteiger partial charge in [0.1, 0.15) is 12.0 Å². The molecule has 1 aliphatic rings. The van der Waals surface area contributed by atoms with E-state index >= 15 is 0 Å². The zero-order chi connectivity index (χ0) is 17.1. The van der Waals surface area contributed by atoms with Crippen LogP contribution in [-0.2, 0) is 4.84 Å². The maximum atomic E-state index is 10.7. The van der Waals surface area contributed by atoms with Gasteiger partial charge in [0.25, 0.3) is 0 Å². The summed E-state index contributed by atoms with van der Waals surface area (Å²) in [6.07, 6.45) is 0.387. The number of hydrogen-bond acceptors (Lipinski definition) is 5. The molecule has 124 valence electrons. The lowest BCUT2D eigenvalue weighted by molar-refractivity contribution is 0.0377. The van der Waals surface area contributed by atoms with Gasteiger partial charge in [-0.1, -0.05) is 35.9 Å². The number of aldehydes is 1. The Balaban J connectivity index is 1.80. The molecule has 1 heterocycles. The van der Waals surface area contributed by atoms with Gasteiger partial charge < -0.3 is 4.74 Å². The number of halogens is 1. The van der Waals surface area contributed by atoms with Gasteiger partial charge >= 0.3 is 0 Å². The Morgan fingerprint density at radius 2 is 2.00 bits per heavy atom. The first-order valence-corrected chi connectivity index (χ1v) is 7.96. The lowest BCUT2D eigenvalue weighted by Crippen LogP contribution is -2.18. The summed E-state index contributed by atoms with van der Waals surface area (Å²) < 4.78 is 5.62. The molecule has 0 saturated heterocycles. The van der Waals surface area contributed by atoms with Crippen molar-refractivity contribution in [3.05, 3.63) is 64.2 Å². The molecule has 6 heteroatoms. The van der Waals surface area contributed by atoms with Gasteiger partial charge in [-0.15, -0.1) is 0 Å². The average Bonchev–Trinajstić information content (AvgIpc) is 3.06. The first kappa shape index (κ1) is 16.5. The Hall–Kier alpha value is -2.37. The highest BCUT2D eigenvalue weighted by Crippen LogP contribution is 2.29.